The number of benzene rings is 1. The Bertz CT molecular complexity index is 524. The maximum Gasteiger partial charge on any atom is 0.253 e. The van der Waals surface area contributed by atoms with E-state index >= 15 is 0 Å². The highest BCUT2D eigenvalue weighted by molar-refractivity contribution is 5.94. The number of carbonyl (C=O) groups is 1. The monoisotopic (exact) mass is 319 g/mol. The minimum absolute atomic E-state index is 0.0618. The lowest BCUT2D eigenvalue weighted by Gasteiger charge is -2.43. The van der Waals surface area contributed by atoms with Crippen LogP contribution in [-0.4, -0.2) is 49.0 Å². The first-order valence-electron chi connectivity index (χ1n) is 8.42. The van der Waals surface area contributed by atoms with Gasteiger partial charge >= 0.3 is 0 Å². The number of nitrogens with zero attached hydrogens (tertiary/aromatic N) is 1. The first-order valence-corrected chi connectivity index (χ1v) is 8.42. The predicted molar refractivity (Wildman–Crippen MR) is 86.6 cm³/mol. The van der Waals surface area contributed by atoms with Gasteiger partial charge in [0.15, 0.2) is 5.79 Å². The Morgan fingerprint density at radius 2 is 1.74 bits per heavy atom. The fourth-order valence-electron chi connectivity index (χ4n) is 3.09. The number of hydrogen-bond donors (Lipinski definition) is 0. The van der Waals surface area contributed by atoms with Gasteiger partial charge in [0.05, 0.1) is 19.3 Å². The Balaban J connectivity index is 1.58. The summed E-state index contributed by atoms with van der Waals surface area (Å²) in [6.45, 7) is 6.82. The van der Waals surface area contributed by atoms with Crippen molar-refractivity contribution in [2.75, 3.05) is 26.3 Å². The van der Waals surface area contributed by atoms with Crippen LogP contribution in [-0.2, 0) is 9.47 Å². The van der Waals surface area contributed by atoms with Gasteiger partial charge in [0.1, 0.15) is 5.75 Å². The summed E-state index contributed by atoms with van der Waals surface area (Å²) in [6.07, 6.45) is 2.57. The van der Waals surface area contributed by atoms with E-state index in [0.29, 0.717) is 18.7 Å². The quantitative estimate of drug-likeness (QED) is 0.859. The minimum atomic E-state index is -0.454. The zero-order valence-corrected chi connectivity index (χ0v) is 13.9. The van der Waals surface area contributed by atoms with Crippen LogP contribution in [0.25, 0.3) is 0 Å². The normalized spacial score (nSPS) is 20.7. The molecule has 2 aliphatic rings. The van der Waals surface area contributed by atoms with Crippen LogP contribution in [0.1, 0.15) is 43.5 Å². The molecule has 3 rings (SSSR count). The maximum atomic E-state index is 12.6. The molecular formula is C18H25NO4. The second-order valence-corrected chi connectivity index (χ2v) is 6.44. The molecule has 2 fully saturated rings. The van der Waals surface area contributed by atoms with Crippen LogP contribution in [0.3, 0.4) is 0 Å². The number of hydrogen-bond acceptors (Lipinski definition) is 4. The molecule has 0 bridgehead atoms. The van der Waals surface area contributed by atoms with Crippen molar-refractivity contribution < 1.29 is 19.0 Å². The summed E-state index contributed by atoms with van der Waals surface area (Å²) < 4.78 is 17.2. The lowest BCUT2D eigenvalue weighted by atomic mass is 10.0. The molecule has 2 saturated heterocycles. The summed E-state index contributed by atoms with van der Waals surface area (Å²) in [4.78, 5) is 14.5. The van der Waals surface area contributed by atoms with Gasteiger partial charge in [0.25, 0.3) is 5.91 Å². The molecule has 1 spiro atoms. The minimum Gasteiger partial charge on any atom is -0.491 e. The van der Waals surface area contributed by atoms with E-state index in [9.17, 15) is 4.79 Å². The number of piperidine rings is 1. The number of likely N-dealkylation sites (tertiary alicyclic amines) is 1. The van der Waals surface area contributed by atoms with Crippen molar-refractivity contribution >= 4 is 5.91 Å². The molecule has 5 heteroatoms. The molecule has 1 amide bonds. The molecule has 1 aromatic carbocycles. The third-order valence-corrected chi connectivity index (χ3v) is 4.30. The Morgan fingerprint density at radius 3 is 2.30 bits per heavy atom. The topological polar surface area (TPSA) is 48.0 Å². The van der Waals surface area contributed by atoms with Gasteiger partial charge < -0.3 is 19.1 Å². The summed E-state index contributed by atoms with van der Waals surface area (Å²) in [5.74, 6) is 0.397. The first-order chi connectivity index (χ1) is 11.1. The third-order valence-electron chi connectivity index (χ3n) is 4.30. The van der Waals surface area contributed by atoms with Crippen molar-refractivity contribution in [1.82, 2.24) is 4.90 Å². The Hall–Kier alpha value is -1.59. The average Bonchev–Trinajstić information content (AvgIpc) is 2.56. The van der Waals surface area contributed by atoms with Crippen LogP contribution in [0, 0.1) is 0 Å². The zero-order valence-electron chi connectivity index (χ0n) is 13.9. The van der Waals surface area contributed by atoms with E-state index in [2.05, 4.69) is 0 Å². The van der Waals surface area contributed by atoms with Crippen LogP contribution in [0.4, 0.5) is 0 Å². The molecule has 23 heavy (non-hydrogen) atoms. The van der Waals surface area contributed by atoms with Crippen LogP contribution in [0.2, 0.25) is 0 Å². The lowest BCUT2D eigenvalue weighted by Crippen LogP contribution is -2.51. The molecule has 126 valence electrons. The summed E-state index contributed by atoms with van der Waals surface area (Å²) in [5.41, 5.74) is 0.697. The summed E-state index contributed by atoms with van der Waals surface area (Å²) in [7, 11) is 0. The molecule has 5 nitrogen and oxygen atoms in total. The third kappa shape index (κ3) is 3.85. The van der Waals surface area contributed by atoms with Crippen molar-refractivity contribution in [3.8, 4) is 5.75 Å². The average molecular weight is 319 g/mol. The molecule has 2 aliphatic heterocycles. The molecule has 0 unspecified atom stereocenters. The van der Waals surface area contributed by atoms with Crippen LogP contribution >= 0.6 is 0 Å². The molecule has 0 atom stereocenters. The number of carbonyl (C=O) groups excluding carboxylic acids is 1. The standard InChI is InChI=1S/C18H25NO4/c1-14(2)23-16-6-4-15(5-7-16)17(20)19-10-8-18(9-11-19)21-12-3-13-22-18/h4-7,14H,3,8-13H2,1-2H3. The summed E-state index contributed by atoms with van der Waals surface area (Å²) >= 11 is 0. The second-order valence-electron chi connectivity index (χ2n) is 6.44. The maximum absolute atomic E-state index is 12.6. The second kappa shape index (κ2) is 6.89. The van der Waals surface area contributed by atoms with Crippen LogP contribution in [0.5, 0.6) is 5.75 Å². The molecular weight excluding hydrogens is 294 g/mol. The van der Waals surface area contributed by atoms with Crippen molar-refractivity contribution in [1.29, 1.82) is 0 Å². The van der Waals surface area contributed by atoms with Gasteiger partial charge in [-0.1, -0.05) is 0 Å². The Labute approximate surface area is 137 Å². The smallest absolute Gasteiger partial charge is 0.253 e. The highest BCUT2D eigenvalue weighted by Gasteiger charge is 2.39. The Kier molecular flexibility index (Phi) is 4.87. The van der Waals surface area contributed by atoms with Crippen molar-refractivity contribution in [3.05, 3.63) is 29.8 Å². The predicted octanol–water partition coefficient (Wildman–Crippen LogP) is 2.84. The van der Waals surface area contributed by atoms with E-state index in [1.807, 2.05) is 43.0 Å². The van der Waals surface area contributed by atoms with E-state index in [0.717, 1.165) is 38.2 Å². The fraction of sp³-hybridized carbons (Fsp3) is 0.611. The number of ether oxygens (including phenoxy) is 3. The van der Waals surface area contributed by atoms with Crippen molar-refractivity contribution in [2.24, 2.45) is 0 Å². The summed E-state index contributed by atoms with van der Waals surface area (Å²) in [5, 5.41) is 0. The van der Waals surface area contributed by atoms with Crippen molar-refractivity contribution in [2.45, 2.75) is 45.0 Å². The Morgan fingerprint density at radius 1 is 1.13 bits per heavy atom. The molecule has 0 radical (unpaired) electrons. The zero-order chi connectivity index (χ0) is 16.3. The van der Waals surface area contributed by atoms with Gasteiger partial charge in [-0.2, -0.15) is 0 Å². The van der Waals surface area contributed by atoms with E-state index in [1.165, 1.54) is 0 Å². The van der Waals surface area contributed by atoms with E-state index in [-0.39, 0.29) is 12.0 Å². The van der Waals surface area contributed by atoms with Crippen LogP contribution < -0.4 is 4.74 Å². The fourth-order valence-corrected chi connectivity index (χ4v) is 3.09. The molecule has 0 saturated carbocycles. The molecule has 0 aliphatic carbocycles. The van der Waals surface area contributed by atoms with Crippen molar-refractivity contribution in [3.63, 3.8) is 0 Å². The highest BCUT2D eigenvalue weighted by atomic mass is 16.7. The molecule has 0 aromatic heterocycles. The van der Waals surface area contributed by atoms with Gasteiger partial charge in [-0.15, -0.1) is 0 Å². The first kappa shape index (κ1) is 16.3. The highest BCUT2D eigenvalue weighted by Crippen LogP contribution is 2.31. The molecule has 1 aromatic rings. The van der Waals surface area contributed by atoms with Gasteiger partial charge in [0, 0.05) is 31.5 Å². The van der Waals surface area contributed by atoms with Crippen LogP contribution in [0.15, 0.2) is 24.3 Å². The SMILES string of the molecule is CC(C)Oc1ccc(C(=O)N2CCC3(CC2)OCCCO3)cc1. The number of amides is 1. The van der Waals surface area contributed by atoms with E-state index in [1.54, 1.807) is 0 Å². The molecule has 0 N–H and O–H groups in total. The lowest BCUT2D eigenvalue weighted by molar-refractivity contribution is -0.281. The summed E-state index contributed by atoms with van der Waals surface area (Å²) in [6, 6.07) is 7.37. The largest absolute Gasteiger partial charge is 0.491 e. The van der Waals surface area contributed by atoms with Gasteiger partial charge in [0.2, 0.25) is 0 Å². The number of rotatable bonds is 3. The van der Waals surface area contributed by atoms with E-state index in [4.69, 9.17) is 14.2 Å². The van der Waals surface area contributed by atoms with Gasteiger partial charge in [-0.25, -0.2) is 0 Å². The van der Waals surface area contributed by atoms with E-state index < -0.39 is 5.79 Å². The van der Waals surface area contributed by atoms with Gasteiger partial charge in [-0.05, 0) is 44.5 Å². The van der Waals surface area contributed by atoms with Gasteiger partial charge in [-0.3, -0.25) is 4.79 Å². The molecule has 2 heterocycles.